The Hall–Kier alpha value is -1.88. The van der Waals surface area contributed by atoms with Crippen molar-refractivity contribution in [2.75, 3.05) is 11.1 Å². The van der Waals surface area contributed by atoms with E-state index < -0.39 is 11.7 Å². The number of nitrogen functional groups attached to an aromatic ring is 1. The second-order valence-corrected chi connectivity index (χ2v) is 4.49. The third-order valence-electron chi connectivity index (χ3n) is 2.40. The second kappa shape index (κ2) is 5.18. The van der Waals surface area contributed by atoms with Gasteiger partial charge in [-0.2, -0.15) is 0 Å². The van der Waals surface area contributed by atoms with Crippen molar-refractivity contribution in [2.24, 2.45) is 0 Å². The highest BCUT2D eigenvalue weighted by atomic mass is 79.9. The maximum absolute atomic E-state index is 13.5. The summed E-state index contributed by atoms with van der Waals surface area (Å²) in [7, 11) is 0. The van der Waals surface area contributed by atoms with Crippen LogP contribution in [-0.4, -0.2) is 5.91 Å². The molecule has 0 heterocycles. The molecule has 0 unspecified atom stereocenters. The molecule has 3 N–H and O–H groups in total. The molecule has 0 aromatic heterocycles. The normalized spacial score (nSPS) is 10.1. The van der Waals surface area contributed by atoms with Gasteiger partial charge in [0.25, 0.3) is 5.91 Å². The number of halogens is 2. The summed E-state index contributed by atoms with van der Waals surface area (Å²) in [6.07, 6.45) is 0. The van der Waals surface area contributed by atoms with Gasteiger partial charge in [-0.05, 0) is 40.2 Å². The van der Waals surface area contributed by atoms with Crippen molar-refractivity contribution in [1.29, 1.82) is 0 Å². The van der Waals surface area contributed by atoms with Gasteiger partial charge in [0.2, 0.25) is 0 Å². The maximum Gasteiger partial charge on any atom is 0.256 e. The first kappa shape index (κ1) is 12.6. The summed E-state index contributed by atoms with van der Waals surface area (Å²) >= 11 is 3.26. The van der Waals surface area contributed by atoms with Crippen molar-refractivity contribution in [3.8, 4) is 0 Å². The number of rotatable bonds is 2. The van der Waals surface area contributed by atoms with E-state index in [0.29, 0.717) is 10.0 Å². The molecule has 0 atom stereocenters. The summed E-state index contributed by atoms with van der Waals surface area (Å²) in [6, 6.07) is 11.1. The van der Waals surface area contributed by atoms with E-state index in [1.165, 1.54) is 18.2 Å². The van der Waals surface area contributed by atoms with Crippen LogP contribution in [0.4, 0.5) is 15.8 Å². The average Bonchev–Trinajstić information content (AvgIpc) is 2.34. The molecular weight excluding hydrogens is 299 g/mol. The van der Waals surface area contributed by atoms with E-state index in [2.05, 4.69) is 21.2 Å². The molecule has 18 heavy (non-hydrogen) atoms. The Kier molecular flexibility index (Phi) is 3.62. The second-order valence-electron chi connectivity index (χ2n) is 3.64. The predicted octanol–water partition coefficient (Wildman–Crippen LogP) is 3.42. The van der Waals surface area contributed by atoms with Gasteiger partial charge >= 0.3 is 0 Å². The minimum Gasteiger partial charge on any atom is -0.397 e. The quantitative estimate of drug-likeness (QED) is 0.835. The van der Waals surface area contributed by atoms with Gasteiger partial charge in [0.05, 0.1) is 11.3 Å². The fourth-order valence-electron chi connectivity index (χ4n) is 1.50. The lowest BCUT2D eigenvalue weighted by Gasteiger charge is -2.09. The molecule has 0 fully saturated rings. The maximum atomic E-state index is 13.5. The number of hydrogen-bond donors (Lipinski definition) is 2. The van der Waals surface area contributed by atoms with E-state index in [0.717, 1.165) is 0 Å². The van der Waals surface area contributed by atoms with E-state index in [4.69, 9.17) is 5.73 Å². The van der Waals surface area contributed by atoms with Crippen LogP contribution in [0.15, 0.2) is 46.9 Å². The number of hydrogen-bond acceptors (Lipinski definition) is 2. The predicted molar refractivity (Wildman–Crippen MR) is 72.9 cm³/mol. The molecule has 0 spiro atoms. The number of benzene rings is 2. The van der Waals surface area contributed by atoms with Crippen molar-refractivity contribution < 1.29 is 9.18 Å². The largest absolute Gasteiger partial charge is 0.397 e. The summed E-state index contributed by atoms with van der Waals surface area (Å²) < 4.78 is 14.2. The fraction of sp³-hybridized carbons (Fsp3) is 0. The zero-order valence-corrected chi connectivity index (χ0v) is 10.9. The number of carbonyl (C=O) groups excluding carboxylic acids is 1. The molecule has 0 aliphatic rings. The SMILES string of the molecule is Nc1cccc(F)c1NC(=O)c1ccccc1Br. The topological polar surface area (TPSA) is 55.1 Å². The van der Waals surface area contributed by atoms with Gasteiger partial charge < -0.3 is 11.1 Å². The summed E-state index contributed by atoms with van der Waals surface area (Å²) in [4.78, 5) is 12.0. The first-order valence-electron chi connectivity index (χ1n) is 5.19. The van der Waals surface area contributed by atoms with Crippen LogP contribution in [-0.2, 0) is 0 Å². The lowest BCUT2D eigenvalue weighted by molar-refractivity contribution is 0.102. The highest BCUT2D eigenvalue weighted by molar-refractivity contribution is 9.10. The van der Waals surface area contributed by atoms with E-state index in [1.807, 2.05) is 0 Å². The van der Waals surface area contributed by atoms with Gasteiger partial charge in [-0.3, -0.25) is 4.79 Å². The minimum absolute atomic E-state index is 0.00162. The molecule has 0 saturated carbocycles. The van der Waals surface area contributed by atoms with Gasteiger partial charge in [-0.1, -0.05) is 18.2 Å². The standard InChI is InChI=1S/C13H10BrFN2O/c14-9-5-2-1-4-8(9)13(18)17-12-10(15)6-3-7-11(12)16/h1-7H,16H2,(H,17,18). The Morgan fingerprint density at radius 3 is 2.56 bits per heavy atom. The van der Waals surface area contributed by atoms with Crippen LogP contribution in [0.5, 0.6) is 0 Å². The fourth-order valence-corrected chi connectivity index (χ4v) is 1.96. The van der Waals surface area contributed by atoms with Crippen molar-refractivity contribution in [3.05, 3.63) is 58.3 Å². The van der Waals surface area contributed by atoms with Gasteiger partial charge in [-0.15, -0.1) is 0 Å². The van der Waals surface area contributed by atoms with Gasteiger partial charge in [0.1, 0.15) is 11.5 Å². The van der Waals surface area contributed by atoms with Crippen LogP contribution in [0.2, 0.25) is 0 Å². The Bertz CT molecular complexity index is 581. The number of nitrogens with two attached hydrogens (primary N) is 1. The molecule has 0 aliphatic heterocycles. The summed E-state index contributed by atoms with van der Waals surface area (Å²) in [5.41, 5.74) is 6.22. The van der Waals surface area contributed by atoms with Gasteiger partial charge in [0, 0.05) is 4.47 Å². The van der Waals surface area contributed by atoms with E-state index in [9.17, 15) is 9.18 Å². The van der Waals surface area contributed by atoms with Crippen molar-refractivity contribution >= 4 is 33.2 Å². The molecule has 3 nitrogen and oxygen atoms in total. The molecule has 92 valence electrons. The zero-order chi connectivity index (χ0) is 13.1. The lowest BCUT2D eigenvalue weighted by Crippen LogP contribution is -2.14. The Morgan fingerprint density at radius 2 is 1.89 bits per heavy atom. The Balaban J connectivity index is 2.30. The minimum atomic E-state index is -0.560. The van der Waals surface area contributed by atoms with E-state index in [1.54, 1.807) is 24.3 Å². The molecule has 1 amide bonds. The molecule has 2 aromatic carbocycles. The van der Waals surface area contributed by atoms with Crippen LogP contribution in [0.25, 0.3) is 0 Å². The number of anilines is 2. The first-order chi connectivity index (χ1) is 8.59. The highest BCUT2D eigenvalue weighted by Crippen LogP contribution is 2.24. The number of nitrogens with one attached hydrogen (secondary N) is 1. The lowest BCUT2D eigenvalue weighted by atomic mass is 10.2. The molecule has 0 saturated heterocycles. The smallest absolute Gasteiger partial charge is 0.256 e. The zero-order valence-electron chi connectivity index (χ0n) is 9.28. The van der Waals surface area contributed by atoms with Crippen LogP contribution in [0.3, 0.4) is 0 Å². The Labute approximate surface area is 112 Å². The third-order valence-corrected chi connectivity index (χ3v) is 3.09. The summed E-state index contributed by atoms with van der Waals surface area (Å²) in [5, 5.41) is 2.47. The Morgan fingerprint density at radius 1 is 1.17 bits per heavy atom. The molecule has 5 heteroatoms. The molecule has 0 radical (unpaired) electrons. The average molecular weight is 309 g/mol. The van der Waals surface area contributed by atoms with Crippen LogP contribution in [0, 0.1) is 5.82 Å². The van der Waals surface area contributed by atoms with Gasteiger partial charge in [-0.25, -0.2) is 4.39 Å². The van der Waals surface area contributed by atoms with Crippen LogP contribution in [0.1, 0.15) is 10.4 Å². The summed E-state index contributed by atoms with van der Waals surface area (Å²) in [6.45, 7) is 0. The molecule has 2 aromatic rings. The number of para-hydroxylation sites is 1. The van der Waals surface area contributed by atoms with Gasteiger partial charge in [0.15, 0.2) is 0 Å². The van der Waals surface area contributed by atoms with Crippen molar-refractivity contribution in [1.82, 2.24) is 0 Å². The molecule has 2 rings (SSSR count). The monoisotopic (exact) mass is 308 g/mol. The molecule has 0 aliphatic carbocycles. The van der Waals surface area contributed by atoms with Crippen molar-refractivity contribution in [3.63, 3.8) is 0 Å². The molecular formula is C13H10BrFN2O. The third kappa shape index (κ3) is 2.51. The van der Waals surface area contributed by atoms with Crippen LogP contribution >= 0.6 is 15.9 Å². The first-order valence-corrected chi connectivity index (χ1v) is 5.99. The highest BCUT2D eigenvalue weighted by Gasteiger charge is 2.13. The van der Waals surface area contributed by atoms with E-state index >= 15 is 0 Å². The molecule has 0 bridgehead atoms. The van der Waals surface area contributed by atoms with Crippen LogP contribution < -0.4 is 11.1 Å². The number of amides is 1. The van der Waals surface area contributed by atoms with E-state index in [-0.39, 0.29) is 11.4 Å². The summed E-state index contributed by atoms with van der Waals surface area (Å²) in [5.74, 6) is -0.977. The van der Waals surface area contributed by atoms with Crippen molar-refractivity contribution in [2.45, 2.75) is 0 Å². The number of carbonyl (C=O) groups is 1.